The molecule has 4 heterocycles. The SMILES string of the molecule is CNc1ncc(-c2cc3c(c(Nc4ccc(CCN5CCC(O)CC5)cc4)n2)CNC=C3)cn1. The van der Waals surface area contributed by atoms with Crippen molar-refractivity contribution in [1.82, 2.24) is 25.2 Å². The third-order valence-electron chi connectivity index (χ3n) is 6.48. The Morgan fingerprint density at radius 1 is 1.12 bits per heavy atom. The van der Waals surface area contributed by atoms with Crippen LogP contribution in [-0.2, 0) is 13.0 Å². The van der Waals surface area contributed by atoms with Gasteiger partial charge in [0.2, 0.25) is 5.95 Å². The third kappa shape index (κ3) is 5.18. The van der Waals surface area contributed by atoms with Gasteiger partial charge in [-0.05, 0) is 60.9 Å². The molecule has 0 spiro atoms. The fraction of sp³-hybridized carbons (Fsp3) is 0.346. The average Bonchev–Trinajstić information content (AvgIpc) is 2.89. The number of anilines is 3. The van der Waals surface area contributed by atoms with Gasteiger partial charge < -0.3 is 26.0 Å². The van der Waals surface area contributed by atoms with Crippen LogP contribution in [0.5, 0.6) is 0 Å². The molecule has 2 aliphatic heterocycles. The van der Waals surface area contributed by atoms with Crippen molar-refractivity contribution < 1.29 is 5.11 Å². The summed E-state index contributed by atoms with van der Waals surface area (Å²) < 4.78 is 0. The first kappa shape index (κ1) is 22.3. The monoisotopic (exact) mass is 457 g/mol. The van der Waals surface area contributed by atoms with Crippen molar-refractivity contribution in [2.24, 2.45) is 0 Å². The first-order chi connectivity index (χ1) is 16.7. The molecule has 4 N–H and O–H groups in total. The molecule has 0 radical (unpaired) electrons. The topological polar surface area (TPSA) is 98.2 Å². The predicted molar refractivity (Wildman–Crippen MR) is 136 cm³/mol. The Morgan fingerprint density at radius 3 is 2.62 bits per heavy atom. The number of aliphatic hydroxyl groups excluding tert-OH is 1. The largest absolute Gasteiger partial charge is 0.393 e. The molecule has 8 heteroatoms. The van der Waals surface area contributed by atoms with E-state index in [9.17, 15) is 5.11 Å². The van der Waals surface area contributed by atoms with E-state index in [1.807, 2.05) is 6.20 Å². The number of nitrogens with one attached hydrogen (secondary N) is 3. The predicted octanol–water partition coefficient (Wildman–Crippen LogP) is 3.40. The van der Waals surface area contributed by atoms with Gasteiger partial charge in [-0.3, -0.25) is 0 Å². The maximum atomic E-state index is 9.69. The van der Waals surface area contributed by atoms with Crippen LogP contribution in [0.25, 0.3) is 17.3 Å². The molecule has 0 aliphatic carbocycles. The van der Waals surface area contributed by atoms with Crippen LogP contribution >= 0.6 is 0 Å². The van der Waals surface area contributed by atoms with Crippen LogP contribution in [0.15, 0.2) is 48.9 Å². The van der Waals surface area contributed by atoms with Gasteiger partial charge in [0.25, 0.3) is 0 Å². The standard InChI is InChI=1S/C26H31N7O/c1-27-26-29-15-20(16-30-26)24-14-19-6-10-28-17-23(19)25(32-24)31-21-4-2-18(3-5-21)7-11-33-12-8-22(34)9-13-33/h2-6,10,14-16,22,28,34H,7-9,11-13,17H2,1H3,(H,31,32)(H,27,29,30). The Hall–Kier alpha value is -3.49. The van der Waals surface area contributed by atoms with Crippen molar-refractivity contribution in [3.05, 3.63) is 65.6 Å². The van der Waals surface area contributed by atoms with Crippen LogP contribution in [0.4, 0.5) is 17.5 Å². The first-order valence-electron chi connectivity index (χ1n) is 11.9. The lowest BCUT2D eigenvalue weighted by Crippen LogP contribution is -2.37. The van der Waals surface area contributed by atoms with Gasteiger partial charge >= 0.3 is 0 Å². The number of aliphatic hydroxyl groups is 1. The summed E-state index contributed by atoms with van der Waals surface area (Å²) in [7, 11) is 1.80. The van der Waals surface area contributed by atoms with Gasteiger partial charge in [-0.25, -0.2) is 15.0 Å². The number of piperidine rings is 1. The molecule has 2 aliphatic rings. The summed E-state index contributed by atoms with van der Waals surface area (Å²) in [4.78, 5) is 16.0. The summed E-state index contributed by atoms with van der Waals surface area (Å²) in [6, 6.07) is 10.7. The average molecular weight is 458 g/mol. The molecule has 176 valence electrons. The van der Waals surface area contributed by atoms with E-state index in [2.05, 4.69) is 67.2 Å². The summed E-state index contributed by atoms with van der Waals surface area (Å²) in [6.07, 6.45) is 10.3. The zero-order valence-electron chi connectivity index (χ0n) is 19.5. The van der Waals surface area contributed by atoms with E-state index in [1.54, 1.807) is 19.4 Å². The van der Waals surface area contributed by atoms with Crippen LogP contribution in [0.3, 0.4) is 0 Å². The highest BCUT2D eigenvalue weighted by Gasteiger charge is 2.17. The Balaban J connectivity index is 1.31. The summed E-state index contributed by atoms with van der Waals surface area (Å²) >= 11 is 0. The zero-order chi connectivity index (χ0) is 23.3. The lowest BCUT2D eigenvalue weighted by molar-refractivity contribution is 0.0832. The van der Waals surface area contributed by atoms with Crippen LogP contribution < -0.4 is 16.0 Å². The minimum atomic E-state index is -0.120. The van der Waals surface area contributed by atoms with E-state index in [-0.39, 0.29) is 6.10 Å². The molecule has 34 heavy (non-hydrogen) atoms. The molecule has 5 rings (SSSR count). The summed E-state index contributed by atoms with van der Waals surface area (Å²) in [5, 5.41) is 19.4. The van der Waals surface area contributed by atoms with Crippen molar-refractivity contribution in [2.45, 2.75) is 31.9 Å². The molecule has 0 atom stereocenters. The van der Waals surface area contributed by atoms with Crippen LogP contribution in [0, 0.1) is 0 Å². The molecule has 0 bridgehead atoms. The van der Waals surface area contributed by atoms with Gasteiger partial charge in [0.1, 0.15) is 5.82 Å². The third-order valence-corrected chi connectivity index (χ3v) is 6.48. The Morgan fingerprint density at radius 2 is 1.88 bits per heavy atom. The highest BCUT2D eigenvalue weighted by atomic mass is 16.3. The van der Waals surface area contributed by atoms with E-state index in [1.165, 1.54) is 5.56 Å². The second-order valence-corrected chi connectivity index (χ2v) is 8.83. The molecule has 0 amide bonds. The molecule has 3 aromatic rings. The number of hydrogen-bond donors (Lipinski definition) is 4. The minimum Gasteiger partial charge on any atom is -0.393 e. The van der Waals surface area contributed by atoms with E-state index < -0.39 is 0 Å². The van der Waals surface area contributed by atoms with E-state index in [0.29, 0.717) is 5.95 Å². The van der Waals surface area contributed by atoms with Gasteiger partial charge in [-0.2, -0.15) is 0 Å². The van der Waals surface area contributed by atoms with Crippen molar-refractivity contribution in [3.8, 4) is 11.3 Å². The van der Waals surface area contributed by atoms with Gasteiger partial charge in [0.15, 0.2) is 0 Å². The lowest BCUT2D eigenvalue weighted by atomic mass is 10.0. The molecule has 1 aromatic carbocycles. The summed E-state index contributed by atoms with van der Waals surface area (Å²) in [5.41, 5.74) is 6.29. The molecule has 0 saturated carbocycles. The molecular formula is C26H31N7O. The second-order valence-electron chi connectivity index (χ2n) is 8.83. The highest BCUT2D eigenvalue weighted by Crippen LogP contribution is 2.30. The van der Waals surface area contributed by atoms with Crippen LogP contribution in [0.1, 0.15) is 29.5 Å². The van der Waals surface area contributed by atoms with Crippen molar-refractivity contribution >= 4 is 23.5 Å². The number of pyridine rings is 1. The lowest BCUT2D eigenvalue weighted by Gasteiger charge is -2.29. The van der Waals surface area contributed by atoms with Gasteiger partial charge in [0.05, 0.1) is 11.8 Å². The molecular weight excluding hydrogens is 426 g/mol. The number of likely N-dealkylation sites (tertiary alicyclic amines) is 1. The molecule has 2 aromatic heterocycles. The normalized spacial score (nSPS) is 16.1. The Bertz CT molecular complexity index is 1140. The minimum absolute atomic E-state index is 0.120. The number of benzene rings is 1. The van der Waals surface area contributed by atoms with Gasteiger partial charge in [0, 0.05) is 62.4 Å². The van der Waals surface area contributed by atoms with Crippen LogP contribution in [-0.4, -0.2) is 57.7 Å². The number of rotatable bonds is 7. The van der Waals surface area contributed by atoms with Gasteiger partial charge in [-0.15, -0.1) is 0 Å². The van der Waals surface area contributed by atoms with E-state index >= 15 is 0 Å². The van der Waals surface area contributed by atoms with Crippen molar-refractivity contribution in [1.29, 1.82) is 0 Å². The maximum absolute atomic E-state index is 9.69. The maximum Gasteiger partial charge on any atom is 0.222 e. The summed E-state index contributed by atoms with van der Waals surface area (Å²) in [6.45, 7) is 3.72. The smallest absolute Gasteiger partial charge is 0.222 e. The fourth-order valence-electron chi connectivity index (χ4n) is 4.40. The van der Waals surface area contributed by atoms with Crippen molar-refractivity contribution in [2.75, 3.05) is 37.3 Å². The van der Waals surface area contributed by atoms with E-state index in [0.717, 1.165) is 79.3 Å². The molecule has 1 fully saturated rings. The second kappa shape index (κ2) is 10.2. The number of fused-ring (bicyclic) bond motifs is 1. The zero-order valence-corrected chi connectivity index (χ0v) is 19.5. The number of aromatic nitrogens is 3. The molecule has 1 saturated heterocycles. The first-order valence-corrected chi connectivity index (χ1v) is 11.9. The highest BCUT2D eigenvalue weighted by molar-refractivity contribution is 5.73. The molecule has 8 nitrogen and oxygen atoms in total. The number of hydrogen-bond acceptors (Lipinski definition) is 8. The van der Waals surface area contributed by atoms with Crippen LogP contribution in [0.2, 0.25) is 0 Å². The fourth-order valence-corrected chi connectivity index (χ4v) is 4.40. The Kier molecular flexibility index (Phi) is 6.69. The van der Waals surface area contributed by atoms with E-state index in [4.69, 9.17) is 4.98 Å². The number of nitrogens with zero attached hydrogens (tertiary/aromatic N) is 4. The Labute approximate surface area is 200 Å². The molecule has 0 unspecified atom stereocenters. The summed E-state index contributed by atoms with van der Waals surface area (Å²) in [5.74, 6) is 1.42. The van der Waals surface area contributed by atoms with Gasteiger partial charge in [-0.1, -0.05) is 12.1 Å². The quantitative estimate of drug-likeness (QED) is 0.429. The van der Waals surface area contributed by atoms with Crippen molar-refractivity contribution in [3.63, 3.8) is 0 Å².